The average molecular weight is 214 g/mol. The van der Waals surface area contributed by atoms with Crippen LogP contribution in [0.15, 0.2) is 0 Å². The molecule has 0 saturated heterocycles. The maximum Gasteiger partial charge on any atom is 0.304 e. The number of nitrogens with two attached hydrogens (primary N) is 1. The SMILES string of the molecule is CCOC=O.C[C@H](N)CC(=O)O.Cl. The van der Waals surface area contributed by atoms with Gasteiger partial charge in [-0.1, -0.05) is 0 Å². The Morgan fingerprint density at radius 3 is 2.15 bits per heavy atom. The van der Waals surface area contributed by atoms with Gasteiger partial charge in [0.25, 0.3) is 6.47 Å². The van der Waals surface area contributed by atoms with Gasteiger partial charge in [0, 0.05) is 6.04 Å². The summed E-state index contributed by atoms with van der Waals surface area (Å²) >= 11 is 0. The highest BCUT2D eigenvalue weighted by molar-refractivity contribution is 5.85. The first-order valence-corrected chi connectivity index (χ1v) is 3.57. The number of hydrogen-bond acceptors (Lipinski definition) is 4. The molecule has 3 N–H and O–H groups in total. The number of halogens is 1. The Bertz CT molecular complexity index is 130. The summed E-state index contributed by atoms with van der Waals surface area (Å²) in [6.07, 6.45) is 0.0556. The normalized spacial score (nSPS) is 9.77. The first kappa shape index (κ1) is 18.1. The van der Waals surface area contributed by atoms with Crippen molar-refractivity contribution in [1.82, 2.24) is 0 Å². The molecule has 0 aliphatic carbocycles. The predicted molar refractivity (Wildman–Crippen MR) is 50.8 cm³/mol. The van der Waals surface area contributed by atoms with Crippen LogP contribution in [0.25, 0.3) is 0 Å². The van der Waals surface area contributed by atoms with Gasteiger partial charge in [-0.2, -0.15) is 0 Å². The van der Waals surface area contributed by atoms with Crippen LogP contribution in [-0.2, 0) is 14.3 Å². The van der Waals surface area contributed by atoms with E-state index in [0.717, 1.165) is 0 Å². The summed E-state index contributed by atoms with van der Waals surface area (Å²) in [5.74, 6) is -0.838. The third kappa shape index (κ3) is 35.1. The lowest BCUT2D eigenvalue weighted by molar-refractivity contribution is -0.137. The van der Waals surface area contributed by atoms with Crippen LogP contribution in [0, 0.1) is 0 Å². The smallest absolute Gasteiger partial charge is 0.304 e. The molecule has 0 rings (SSSR count). The second-order valence-corrected chi connectivity index (χ2v) is 2.13. The molecule has 1 atom stereocenters. The van der Waals surface area contributed by atoms with Crippen LogP contribution < -0.4 is 5.73 Å². The number of aliphatic carboxylic acids is 1. The van der Waals surface area contributed by atoms with Crippen molar-refractivity contribution in [3.8, 4) is 0 Å². The summed E-state index contributed by atoms with van der Waals surface area (Å²) in [6.45, 7) is 4.33. The molecular weight excluding hydrogens is 198 g/mol. The topological polar surface area (TPSA) is 89.6 Å². The van der Waals surface area contributed by atoms with E-state index in [2.05, 4.69) is 4.74 Å². The minimum absolute atomic E-state index is 0. The highest BCUT2D eigenvalue weighted by atomic mass is 35.5. The van der Waals surface area contributed by atoms with Crippen molar-refractivity contribution in [3.05, 3.63) is 0 Å². The molecule has 6 heteroatoms. The van der Waals surface area contributed by atoms with Gasteiger partial charge in [0.15, 0.2) is 0 Å². The highest BCUT2D eigenvalue weighted by Crippen LogP contribution is 1.82. The number of carboxylic acid groups (broad SMARTS) is 1. The van der Waals surface area contributed by atoms with Crippen LogP contribution in [0.3, 0.4) is 0 Å². The molecular formula is C7H16ClNO4. The maximum absolute atomic E-state index is 9.73. The van der Waals surface area contributed by atoms with Crippen LogP contribution in [0.1, 0.15) is 20.3 Å². The van der Waals surface area contributed by atoms with Crippen LogP contribution in [0.4, 0.5) is 0 Å². The third-order valence-corrected chi connectivity index (χ3v) is 0.731. The van der Waals surface area contributed by atoms with Crippen molar-refractivity contribution in [2.75, 3.05) is 6.61 Å². The summed E-state index contributed by atoms with van der Waals surface area (Å²) in [4.78, 5) is 18.9. The Balaban J connectivity index is -0.000000150. The molecule has 5 nitrogen and oxygen atoms in total. The minimum atomic E-state index is -0.838. The zero-order valence-electron chi connectivity index (χ0n) is 7.73. The molecule has 0 radical (unpaired) electrons. The summed E-state index contributed by atoms with van der Waals surface area (Å²) < 4.78 is 4.15. The van der Waals surface area contributed by atoms with Gasteiger partial charge in [0.1, 0.15) is 0 Å². The van der Waals surface area contributed by atoms with E-state index >= 15 is 0 Å². The average Bonchev–Trinajstić information content (AvgIpc) is 1.87. The zero-order valence-corrected chi connectivity index (χ0v) is 8.54. The first-order valence-electron chi connectivity index (χ1n) is 3.57. The molecule has 0 saturated carbocycles. The Morgan fingerprint density at radius 2 is 2.15 bits per heavy atom. The molecule has 0 heterocycles. The van der Waals surface area contributed by atoms with E-state index < -0.39 is 5.97 Å². The van der Waals surface area contributed by atoms with Crippen molar-refractivity contribution < 1.29 is 19.4 Å². The predicted octanol–water partition coefficient (Wildman–Crippen LogP) is 0.409. The van der Waals surface area contributed by atoms with Gasteiger partial charge in [0.05, 0.1) is 13.0 Å². The molecule has 0 amide bonds. The summed E-state index contributed by atoms with van der Waals surface area (Å²) in [5.41, 5.74) is 5.11. The van der Waals surface area contributed by atoms with E-state index in [1.165, 1.54) is 0 Å². The zero-order chi connectivity index (χ0) is 9.98. The molecule has 0 fully saturated rings. The van der Waals surface area contributed by atoms with Crippen LogP contribution in [0.2, 0.25) is 0 Å². The Morgan fingerprint density at radius 1 is 1.69 bits per heavy atom. The maximum atomic E-state index is 9.73. The van der Waals surface area contributed by atoms with Gasteiger partial charge in [-0.25, -0.2) is 0 Å². The Kier molecular flexibility index (Phi) is 19.1. The lowest BCUT2D eigenvalue weighted by Crippen LogP contribution is -2.18. The molecule has 0 aromatic rings. The molecule has 0 aliphatic rings. The fourth-order valence-corrected chi connectivity index (χ4v) is 0.343. The third-order valence-electron chi connectivity index (χ3n) is 0.731. The quantitative estimate of drug-likeness (QED) is 0.661. The van der Waals surface area contributed by atoms with Gasteiger partial charge >= 0.3 is 5.97 Å². The number of carbonyl (C=O) groups is 2. The van der Waals surface area contributed by atoms with Crippen LogP contribution >= 0.6 is 12.4 Å². The summed E-state index contributed by atoms with van der Waals surface area (Å²) in [5, 5.41) is 8.00. The van der Waals surface area contributed by atoms with E-state index in [1.54, 1.807) is 13.8 Å². The number of hydrogen-bond donors (Lipinski definition) is 2. The van der Waals surface area contributed by atoms with E-state index in [1.807, 2.05) is 0 Å². The minimum Gasteiger partial charge on any atom is -0.481 e. The molecule has 0 unspecified atom stereocenters. The van der Waals surface area contributed by atoms with Gasteiger partial charge in [-0.05, 0) is 13.8 Å². The van der Waals surface area contributed by atoms with Crippen molar-refractivity contribution in [1.29, 1.82) is 0 Å². The molecule has 13 heavy (non-hydrogen) atoms. The Labute approximate surface area is 83.7 Å². The highest BCUT2D eigenvalue weighted by Gasteiger charge is 1.98. The fraction of sp³-hybridized carbons (Fsp3) is 0.714. The number of carboxylic acids is 1. The lowest BCUT2D eigenvalue weighted by atomic mass is 10.3. The van der Waals surface area contributed by atoms with E-state index in [4.69, 9.17) is 10.8 Å². The fourth-order valence-electron chi connectivity index (χ4n) is 0.343. The largest absolute Gasteiger partial charge is 0.481 e. The molecule has 0 aromatic heterocycles. The monoisotopic (exact) mass is 213 g/mol. The van der Waals surface area contributed by atoms with E-state index in [0.29, 0.717) is 13.1 Å². The number of ether oxygens (including phenoxy) is 1. The van der Waals surface area contributed by atoms with Crippen molar-refractivity contribution in [2.24, 2.45) is 5.73 Å². The molecule has 0 bridgehead atoms. The second kappa shape index (κ2) is 13.8. The molecule has 0 aromatic carbocycles. The van der Waals surface area contributed by atoms with Crippen molar-refractivity contribution >= 4 is 24.8 Å². The van der Waals surface area contributed by atoms with Gasteiger partial charge < -0.3 is 15.6 Å². The number of carbonyl (C=O) groups excluding carboxylic acids is 1. The van der Waals surface area contributed by atoms with Crippen molar-refractivity contribution in [3.63, 3.8) is 0 Å². The molecule has 80 valence electrons. The van der Waals surface area contributed by atoms with Crippen molar-refractivity contribution in [2.45, 2.75) is 26.3 Å². The van der Waals surface area contributed by atoms with Gasteiger partial charge in [-0.3, -0.25) is 9.59 Å². The molecule has 0 aliphatic heterocycles. The molecule has 0 spiro atoms. The van der Waals surface area contributed by atoms with Crippen LogP contribution in [0.5, 0.6) is 0 Å². The Hall–Kier alpha value is -0.810. The summed E-state index contributed by atoms with van der Waals surface area (Å²) in [6, 6.07) is -0.225. The standard InChI is InChI=1S/C4H9NO2.C3H6O2.ClH/c1-3(5)2-4(6)7;1-2-5-3-4;/h3H,2,5H2,1H3,(H,6,7);3H,2H2,1H3;1H/t3-;;/m0../s1. The van der Waals surface area contributed by atoms with Gasteiger partial charge in [0.2, 0.25) is 0 Å². The van der Waals surface area contributed by atoms with E-state index in [-0.39, 0.29) is 24.9 Å². The van der Waals surface area contributed by atoms with E-state index in [9.17, 15) is 9.59 Å². The lowest BCUT2D eigenvalue weighted by Gasteiger charge is -1.95. The second-order valence-electron chi connectivity index (χ2n) is 2.13. The summed E-state index contributed by atoms with van der Waals surface area (Å²) in [7, 11) is 0. The first-order chi connectivity index (χ1) is 5.54. The van der Waals surface area contributed by atoms with Crippen LogP contribution in [-0.4, -0.2) is 30.2 Å². The number of rotatable bonds is 4. The van der Waals surface area contributed by atoms with Gasteiger partial charge in [-0.15, -0.1) is 12.4 Å².